The number of hydrogen-bond donors (Lipinski definition) is 0. The van der Waals surface area contributed by atoms with E-state index in [-0.39, 0.29) is 6.42 Å². The van der Waals surface area contributed by atoms with Gasteiger partial charge in [0.05, 0.1) is 57.2 Å². The van der Waals surface area contributed by atoms with Crippen LogP contribution in [0.5, 0.6) is 0 Å². The number of nitrogens with zero attached hydrogens (tertiary/aromatic N) is 4. The summed E-state index contributed by atoms with van der Waals surface area (Å²) in [5, 5.41) is 22.8. The molecular weight excluding hydrogens is 597 g/mol. The van der Waals surface area contributed by atoms with Crippen LogP contribution in [-0.2, 0) is 0 Å². The van der Waals surface area contributed by atoms with E-state index in [9.17, 15) is 10.5 Å². The summed E-state index contributed by atoms with van der Waals surface area (Å²) < 4.78 is 4.40. The van der Waals surface area contributed by atoms with Gasteiger partial charge >= 0.3 is 0 Å². The van der Waals surface area contributed by atoms with E-state index in [0.717, 1.165) is 77.6 Å². The molecular formula is C45H28N4. The fourth-order valence-corrected chi connectivity index (χ4v) is 7.00. The largest absolute Gasteiger partial charge is 0.308 e. The van der Waals surface area contributed by atoms with Gasteiger partial charge < -0.3 is 9.13 Å². The lowest BCUT2D eigenvalue weighted by atomic mass is 9.96. The molecule has 0 bridgehead atoms. The number of hydrogen-bond acceptors (Lipinski definition) is 2. The zero-order valence-electron chi connectivity index (χ0n) is 26.5. The predicted octanol–water partition coefficient (Wildman–Crippen LogP) is 10.8. The van der Waals surface area contributed by atoms with E-state index < -0.39 is 0 Å². The summed E-state index contributed by atoms with van der Waals surface area (Å²) in [7, 11) is 0. The van der Waals surface area contributed by atoms with Crippen LogP contribution in [0.25, 0.3) is 72.4 Å². The maximum atomic E-state index is 10.2. The minimum atomic E-state index is 0.288. The van der Waals surface area contributed by atoms with E-state index in [2.05, 4.69) is 112 Å². The Balaban J connectivity index is 1.30. The van der Waals surface area contributed by atoms with Crippen LogP contribution in [0.4, 0.5) is 0 Å². The maximum absolute atomic E-state index is 10.2. The van der Waals surface area contributed by atoms with Crippen molar-refractivity contribution in [1.29, 1.82) is 10.5 Å². The average molecular weight is 625 g/mol. The Labute approximate surface area is 284 Å². The van der Waals surface area contributed by atoms with Crippen molar-refractivity contribution in [2.24, 2.45) is 0 Å². The second-order valence-corrected chi connectivity index (χ2v) is 11.8. The molecule has 0 spiro atoms. The summed E-state index contributed by atoms with van der Waals surface area (Å²) in [4.78, 5) is 0. The number of terminal acetylenes is 1. The van der Waals surface area contributed by atoms with Gasteiger partial charge in [-0.25, -0.2) is 0 Å². The van der Waals surface area contributed by atoms with Crippen molar-refractivity contribution in [2.75, 3.05) is 0 Å². The lowest BCUT2D eigenvalue weighted by Crippen LogP contribution is -2.00. The van der Waals surface area contributed by atoms with Gasteiger partial charge in [0, 0.05) is 21.7 Å². The molecule has 0 radical (unpaired) electrons. The summed E-state index contributed by atoms with van der Waals surface area (Å²) in [5.41, 5.74) is 11.4. The SMILES string of the molecule is C#Cc1c(/C=C\CC#N)n(-c2ccccc2-c2cccc(-c3ccc(C#N)c(-n4c5ccccc5c5ccccc54)c3)c2)c2ccccc12. The molecule has 2 aromatic heterocycles. The number of rotatable bonds is 6. The van der Waals surface area contributed by atoms with Crippen molar-refractivity contribution in [3.8, 4) is 58.1 Å². The highest BCUT2D eigenvalue weighted by Gasteiger charge is 2.19. The van der Waals surface area contributed by atoms with Gasteiger partial charge in [0.25, 0.3) is 0 Å². The second-order valence-electron chi connectivity index (χ2n) is 11.8. The molecule has 0 atom stereocenters. The van der Waals surface area contributed by atoms with Gasteiger partial charge in [0.15, 0.2) is 0 Å². The van der Waals surface area contributed by atoms with Crippen molar-refractivity contribution in [3.63, 3.8) is 0 Å². The Morgan fingerprint density at radius 2 is 1.18 bits per heavy atom. The third-order valence-electron chi connectivity index (χ3n) is 9.13. The Kier molecular flexibility index (Phi) is 7.35. The monoisotopic (exact) mass is 624 g/mol. The van der Waals surface area contributed by atoms with Crippen LogP contribution in [0.2, 0.25) is 0 Å². The van der Waals surface area contributed by atoms with Gasteiger partial charge in [-0.15, -0.1) is 6.42 Å². The molecule has 0 aliphatic rings. The fourth-order valence-electron chi connectivity index (χ4n) is 7.00. The molecule has 0 saturated carbocycles. The minimum Gasteiger partial charge on any atom is -0.308 e. The number of allylic oxidation sites excluding steroid dienone is 1. The van der Waals surface area contributed by atoms with Gasteiger partial charge in [0.1, 0.15) is 6.07 Å². The molecule has 228 valence electrons. The number of fused-ring (bicyclic) bond motifs is 4. The van der Waals surface area contributed by atoms with Crippen molar-refractivity contribution in [3.05, 3.63) is 162 Å². The molecule has 49 heavy (non-hydrogen) atoms. The first-order valence-electron chi connectivity index (χ1n) is 16.1. The van der Waals surface area contributed by atoms with Crippen LogP contribution in [0.3, 0.4) is 0 Å². The standard InChI is InChI=1S/C45H28N4/c1-2-35-37-17-4-8-21-42(37)48(40(35)24-11-12-27-46)41-20-7-3-16-36(41)33-15-13-14-31(28-33)32-25-26-34(30-47)45(29-32)49-43-22-9-5-18-38(43)39-19-6-10-23-44(39)49/h1,3-11,13-26,28-29H,12H2/b24-11-. The summed E-state index contributed by atoms with van der Waals surface area (Å²) in [5.74, 6) is 2.91. The van der Waals surface area contributed by atoms with Crippen molar-refractivity contribution in [1.82, 2.24) is 9.13 Å². The molecule has 8 rings (SSSR count). The third-order valence-corrected chi connectivity index (χ3v) is 9.13. The first-order valence-corrected chi connectivity index (χ1v) is 16.1. The molecule has 6 aromatic carbocycles. The van der Waals surface area contributed by atoms with Crippen LogP contribution in [0.15, 0.2) is 146 Å². The van der Waals surface area contributed by atoms with Crippen LogP contribution in [0, 0.1) is 35.0 Å². The summed E-state index contributed by atoms with van der Waals surface area (Å²) >= 11 is 0. The van der Waals surface area contributed by atoms with E-state index in [4.69, 9.17) is 6.42 Å². The minimum absolute atomic E-state index is 0.288. The quantitative estimate of drug-likeness (QED) is 0.173. The smallest absolute Gasteiger partial charge is 0.101 e. The van der Waals surface area contributed by atoms with E-state index in [1.807, 2.05) is 66.7 Å². The summed E-state index contributed by atoms with van der Waals surface area (Å²) in [6.45, 7) is 0. The second kappa shape index (κ2) is 12.3. The summed E-state index contributed by atoms with van der Waals surface area (Å²) in [6.07, 6.45) is 10.2. The molecule has 0 unspecified atom stereocenters. The van der Waals surface area contributed by atoms with E-state index >= 15 is 0 Å². The molecule has 0 fully saturated rings. The molecule has 8 aromatic rings. The normalized spacial score (nSPS) is 11.2. The van der Waals surface area contributed by atoms with Gasteiger partial charge in [0.2, 0.25) is 0 Å². The average Bonchev–Trinajstić information content (AvgIpc) is 3.67. The van der Waals surface area contributed by atoms with Crippen molar-refractivity contribution < 1.29 is 0 Å². The van der Waals surface area contributed by atoms with Crippen molar-refractivity contribution >= 4 is 38.8 Å². The van der Waals surface area contributed by atoms with Crippen LogP contribution >= 0.6 is 0 Å². The third kappa shape index (κ3) is 4.87. The predicted molar refractivity (Wildman–Crippen MR) is 200 cm³/mol. The molecule has 0 saturated heterocycles. The molecule has 0 amide bonds. The van der Waals surface area contributed by atoms with Crippen LogP contribution < -0.4 is 0 Å². The highest BCUT2D eigenvalue weighted by Crippen LogP contribution is 2.38. The molecule has 4 heteroatoms. The lowest BCUT2D eigenvalue weighted by molar-refractivity contribution is 1.10. The first-order chi connectivity index (χ1) is 24.2. The Morgan fingerprint density at radius 1 is 0.571 bits per heavy atom. The number of aromatic nitrogens is 2. The lowest BCUT2D eigenvalue weighted by Gasteiger charge is -2.16. The van der Waals surface area contributed by atoms with E-state index in [0.29, 0.717) is 5.56 Å². The molecule has 0 aliphatic heterocycles. The topological polar surface area (TPSA) is 57.4 Å². The molecule has 0 aliphatic carbocycles. The van der Waals surface area contributed by atoms with E-state index in [1.165, 1.54) is 0 Å². The highest BCUT2D eigenvalue weighted by molar-refractivity contribution is 6.09. The number of benzene rings is 6. The Bertz CT molecular complexity index is 2680. The fraction of sp³-hybridized carbons (Fsp3) is 0.0222. The van der Waals surface area contributed by atoms with Crippen LogP contribution in [0.1, 0.15) is 23.2 Å². The molecule has 0 N–H and O–H groups in total. The van der Waals surface area contributed by atoms with Gasteiger partial charge in [-0.1, -0.05) is 109 Å². The Morgan fingerprint density at radius 3 is 1.88 bits per heavy atom. The number of nitriles is 2. The zero-order valence-corrected chi connectivity index (χ0v) is 26.5. The molecule has 4 nitrogen and oxygen atoms in total. The van der Waals surface area contributed by atoms with Gasteiger partial charge in [-0.3, -0.25) is 0 Å². The van der Waals surface area contributed by atoms with Crippen LogP contribution in [-0.4, -0.2) is 9.13 Å². The van der Waals surface area contributed by atoms with Gasteiger partial charge in [-0.05, 0) is 65.2 Å². The zero-order chi connectivity index (χ0) is 33.3. The maximum Gasteiger partial charge on any atom is 0.101 e. The van der Waals surface area contributed by atoms with Crippen molar-refractivity contribution in [2.45, 2.75) is 6.42 Å². The van der Waals surface area contributed by atoms with Gasteiger partial charge in [-0.2, -0.15) is 10.5 Å². The highest BCUT2D eigenvalue weighted by atomic mass is 15.0. The number of para-hydroxylation sites is 4. The first kappa shape index (κ1) is 29.3. The summed E-state index contributed by atoms with van der Waals surface area (Å²) in [6, 6.07) is 52.4. The molecule has 2 heterocycles. The van der Waals surface area contributed by atoms with E-state index in [1.54, 1.807) is 0 Å². The Hall–Kier alpha value is -7.06.